The maximum Gasteiger partial charge on any atom is 0.0520 e. The molecule has 1 aliphatic heterocycles. The average Bonchev–Trinajstić information content (AvgIpc) is 2.12. The summed E-state index contributed by atoms with van der Waals surface area (Å²) < 4.78 is 5.36. The lowest BCUT2D eigenvalue weighted by atomic mass is 9.82. The van der Waals surface area contributed by atoms with Gasteiger partial charge in [-0.2, -0.15) is 0 Å². The van der Waals surface area contributed by atoms with Crippen molar-refractivity contribution < 1.29 is 4.74 Å². The van der Waals surface area contributed by atoms with Crippen molar-refractivity contribution in [3.63, 3.8) is 0 Å². The average molecular weight is 142 g/mol. The summed E-state index contributed by atoms with van der Waals surface area (Å²) in [6.45, 7) is 8.85. The predicted molar refractivity (Wildman–Crippen MR) is 43.0 cm³/mol. The molecule has 1 heteroatoms. The van der Waals surface area contributed by atoms with Gasteiger partial charge in [-0.05, 0) is 24.2 Å². The molecular weight excluding hydrogens is 124 g/mol. The largest absolute Gasteiger partial charge is 0.381 e. The molecule has 1 nitrogen and oxygen atoms in total. The van der Waals surface area contributed by atoms with Crippen LogP contribution >= 0.6 is 0 Å². The van der Waals surface area contributed by atoms with Crippen LogP contribution in [-0.4, -0.2) is 13.2 Å². The van der Waals surface area contributed by atoms with E-state index >= 15 is 0 Å². The molecule has 0 bridgehead atoms. The molecule has 0 amide bonds. The maximum absolute atomic E-state index is 5.36. The Hall–Kier alpha value is -0.0400. The van der Waals surface area contributed by atoms with Crippen molar-refractivity contribution in [1.29, 1.82) is 0 Å². The van der Waals surface area contributed by atoms with Gasteiger partial charge in [-0.15, -0.1) is 0 Å². The smallest absolute Gasteiger partial charge is 0.0520 e. The van der Waals surface area contributed by atoms with Crippen LogP contribution in [0.25, 0.3) is 0 Å². The van der Waals surface area contributed by atoms with Gasteiger partial charge in [0.1, 0.15) is 0 Å². The zero-order valence-electron chi connectivity index (χ0n) is 7.31. The van der Waals surface area contributed by atoms with Gasteiger partial charge < -0.3 is 4.74 Å². The third-order valence-electron chi connectivity index (χ3n) is 2.20. The monoisotopic (exact) mass is 142 g/mol. The van der Waals surface area contributed by atoms with Crippen molar-refractivity contribution in [3.05, 3.63) is 0 Å². The lowest BCUT2D eigenvalue weighted by Gasteiger charge is -2.23. The fourth-order valence-electron chi connectivity index (χ4n) is 1.86. The van der Waals surface area contributed by atoms with Gasteiger partial charge in [0, 0.05) is 6.61 Å². The van der Waals surface area contributed by atoms with E-state index in [4.69, 9.17) is 4.74 Å². The Kier molecular flexibility index (Phi) is 2.35. The molecule has 1 fully saturated rings. The van der Waals surface area contributed by atoms with Crippen LogP contribution in [0.15, 0.2) is 0 Å². The molecule has 10 heavy (non-hydrogen) atoms. The Morgan fingerprint density at radius 2 is 2.20 bits per heavy atom. The van der Waals surface area contributed by atoms with E-state index in [-0.39, 0.29) is 0 Å². The molecule has 0 saturated carbocycles. The first kappa shape index (κ1) is 8.06. The fourth-order valence-corrected chi connectivity index (χ4v) is 1.86. The lowest BCUT2D eigenvalue weighted by Crippen LogP contribution is -2.18. The van der Waals surface area contributed by atoms with Crippen molar-refractivity contribution in [2.24, 2.45) is 11.3 Å². The minimum Gasteiger partial charge on any atom is -0.381 e. The van der Waals surface area contributed by atoms with Crippen LogP contribution in [0.1, 0.15) is 33.6 Å². The second-order valence-corrected chi connectivity index (χ2v) is 4.21. The first-order valence-electron chi connectivity index (χ1n) is 4.20. The number of ether oxygens (including phenoxy) is 1. The molecule has 1 rings (SSSR count). The van der Waals surface area contributed by atoms with Gasteiger partial charge >= 0.3 is 0 Å². The zero-order valence-corrected chi connectivity index (χ0v) is 7.31. The highest BCUT2D eigenvalue weighted by atomic mass is 16.5. The van der Waals surface area contributed by atoms with Crippen molar-refractivity contribution in [1.82, 2.24) is 0 Å². The van der Waals surface area contributed by atoms with Crippen LogP contribution in [0.2, 0.25) is 0 Å². The molecule has 0 aliphatic carbocycles. The summed E-state index contributed by atoms with van der Waals surface area (Å²) in [5.74, 6) is 0.812. The van der Waals surface area contributed by atoms with E-state index in [9.17, 15) is 0 Å². The van der Waals surface area contributed by atoms with Gasteiger partial charge in [-0.3, -0.25) is 0 Å². The Morgan fingerprint density at radius 3 is 2.60 bits per heavy atom. The second kappa shape index (κ2) is 2.91. The molecule has 0 unspecified atom stereocenters. The minimum atomic E-state index is 0.494. The summed E-state index contributed by atoms with van der Waals surface area (Å²) >= 11 is 0. The molecule has 0 radical (unpaired) electrons. The molecule has 1 atom stereocenters. The van der Waals surface area contributed by atoms with Gasteiger partial charge in [0.25, 0.3) is 0 Å². The lowest BCUT2D eigenvalue weighted by molar-refractivity contribution is 0.147. The number of rotatable bonds is 2. The summed E-state index contributed by atoms with van der Waals surface area (Å²) in [5.41, 5.74) is 0.494. The van der Waals surface area contributed by atoms with Gasteiger partial charge in [-0.1, -0.05) is 20.8 Å². The minimum absolute atomic E-state index is 0.494. The van der Waals surface area contributed by atoms with E-state index in [2.05, 4.69) is 20.8 Å². The standard InChI is InChI=1S/C9H18O/c1-8(2)6-9(3)4-5-10-7-9/h8H,4-7H2,1-3H3/t9-/m0/s1. The van der Waals surface area contributed by atoms with E-state index in [0.29, 0.717) is 5.41 Å². The number of hydrogen-bond acceptors (Lipinski definition) is 1. The van der Waals surface area contributed by atoms with E-state index < -0.39 is 0 Å². The third kappa shape index (κ3) is 1.98. The summed E-state index contributed by atoms with van der Waals surface area (Å²) in [6.07, 6.45) is 2.57. The van der Waals surface area contributed by atoms with Crippen molar-refractivity contribution in [3.8, 4) is 0 Å². The van der Waals surface area contributed by atoms with Crippen LogP contribution in [-0.2, 0) is 4.74 Å². The molecule has 1 heterocycles. The summed E-state index contributed by atoms with van der Waals surface area (Å²) in [4.78, 5) is 0. The molecule has 60 valence electrons. The molecule has 1 aliphatic rings. The second-order valence-electron chi connectivity index (χ2n) is 4.21. The van der Waals surface area contributed by atoms with Gasteiger partial charge in [0.2, 0.25) is 0 Å². The van der Waals surface area contributed by atoms with Crippen molar-refractivity contribution in [2.75, 3.05) is 13.2 Å². The topological polar surface area (TPSA) is 9.23 Å². The molecule has 0 spiro atoms. The highest BCUT2D eigenvalue weighted by Crippen LogP contribution is 2.34. The Labute approximate surface area is 63.8 Å². The van der Waals surface area contributed by atoms with Crippen LogP contribution < -0.4 is 0 Å². The molecule has 0 N–H and O–H groups in total. The first-order chi connectivity index (χ1) is 4.62. The van der Waals surface area contributed by atoms with Crippen LogP contribution in [0.3, 0.4) is 0 Å². The quantitative estimate of drug-likeness (QED) is 0.575. The Bertz CT molecular complexity index is 101. The van der Waals surface area contributed by atoms with E-state index in [1.165, 1.54) is 12.8 Å². The molecule has 0 aromatic rings. The highest BCUT2D eigenvalue weighted by molar-refractivity contribution is 4.79. The summed E-state index contributed by atoms with van der Waals surface area (Å²) in [7, 11) is 0. The Balaban J connectivity index is 2.36. The van der Waals surface area contributed by atoms with Crippen LogP contribution in [0, 0.1) is 11.3 Å². The zero-order chi connectivity index (χ0) is 7.61. The fraction of sp³-hybridized carbons (Fsp3) is 1.00. The molecule has 0 aromatic heterocycles. The SMILES string of the molecule is CC(C)C[C@]1(C)CCOC1. The van der Waals surface area contributed by atoms with Crippen molar-refractivity contribution in [2.45, 2.75) is 33.6 Å². The third-order valence-corrected chi connectivity index (χ3v) is 2.20. The number of hydrogen-bond donors (Lipinski definition) is 0. The van der Waals surface area contributed by atoms with E-state index in [1.54, 1.807) is 0 Å². The highest BCUT2D eigenvalue weighted by Gasteiger charge is 2.29. The van der Waals surface area contributed by atoms with E-state index in [0.717, 1.165) is 19.1 Å². The summed E-state index contributed by atoms with van der Waals surface area (Å²) in [6, 6.07) is 0. The predicted octanol–water partition coefficient (Wildman–Crippen LogP) is 2.46. The van der Waals surface area contributed by atoms with Gasteiger partial charge in [-0.25, -0.2) is 0 Å². The summed E-state index contributed by atoms with van der Waals surface area (Å²) in [5, 5.41) is 0. The molecule has 1 saturated heterocycles. The Morgan fingerprint density at radius 1 is 1.50 bits per heavy atom. The molecular formula is C9H18O. The first-order valence-corrected chi connectivity index (χ1v) is 4.20. The normalized spacial score (nSPS) is 33.6. The van der Waals surface area contributed by atoms with Crippen LogP contribution in [0.4, 0.5) is 0 Å². The van der Waals surface area contributed by atoms with Gasteiger partial charge in [0.05, 0.1) is 6.61 Å². The van der Waals surface area contributed by atoms with Crippen LogP contribution in [0.5, 0.6) is 0 Å². The van der Waals surface area contributed by atoms with Gasteiger partial charge in [0.15, 0.2) is 0 Å². The molecule has 0 aromatic carbocycles. The van der Waals surface area contributed by atoms with Crippen molar-refractivity contribution >= 4 is 0 Å². The maximum atomic E-state index is 5.36. The van der Waals surface area contributed by atoms with E-state index in [1.807, 2.05) is 0 Å².